The average Bonchev–Trinajstić information content (AvgIpc) is 3.46. The molecule has 0 aliphatic carbocycles. The van der Waals surface area contributed by atoms with E-state index in [4.69, 9.17) is 60.2 Å². The molecule has 460 valence electrons. The van der Waals surface area contributed by atoms with Crippen LogP contribution in [-0.4, -0.2) is 108 Å². The van der Waals surface area contributed by atoms with Crippen LogP contribution < -0.4 is 41.2 Å². The van der Waals surface area contributed by atoms with Crippen LogP contribution in [0.25, 0.3) is 45.6 Å². The highest BCUT2D eigenvalue weighted by Crippen LogP contribution is 2.25. The summed E-state index contributed by atoms with van der Waals surface area (Å²) in [5, 5.41) is 31.9. The van der Waals surface area contributed by atoms with Crippen molar-refractivity contribution in [1.82, 2.24) is 79.7 Å². The van der Waals surface area contributed by atoms with Gasteiger partial charge in [0.15, 0.2) is 0 Å². The van der Waals surface area contributed by atoms with Crippen molar-refractivity contribution in [3.63, 3.8) is 0 Å². The Morgan fingerprint density at radius 2 is 0.689 bits per heavy atom. The fraction of sp³-hybridized carbons (Fsp3) is 0.200. The summed E-state index contributed by atoms with van der Waals surface area (Å²) in [7, 11) is 6.38. The molecule has 0 fully saturated rings. The number of hydrogen-bond donors (Lipinski definition) is 0. The molecule has 90 heavy (non-hydrogen) atoms. The maximum atomic E-state index is 12.1. The molecule has 0 atom stereocenters. The van der Waals surface area contributed by atoms with Gasteiger partial charge in [-0.25, -0.2) is 18.7 Å². The molecule has 4 aromatic carbocycles. The molecule has 8 heterocycles. The zero-order valence-electron chi connectivity index (χ0n) is 49.3. The van der Waals surface area contributed by atoms with E-state index in [1.807, 2.05) is 92.7 Å². The predicted octanol–water partition coefficient (Wildman–Crippen LogP) is 7.94. The zero-order valence-corrected chi connectivity index (χ0v) is 50.9. The summed E-state index contributed by atoms with van der Waals surface area (Å²) in [6.45, 7) is 7.63. The Kier molecular flexibility index (Phi) is 20.7. The van der Waals surface area contributed by atoms with E-state index >= 15 is 0 Å². The number of benzene rings is 4. The van der Waals surface area contributed by atoms with Crippen LogP contribution in [0, 0.1) is 27.7 Å². The van der Waals surface area contributed by atoms with Crippen molar-refractivity contribution < 1.29 is 37.0 Å². The standard InChI is InChI=1S/2C16H16N4O3.2C14H11ClN4O3/c1-10-8-17-20(16(21)11(10)2)9-14-18-15(19-23-14)12-4-6-13(22-3)7-5-12;1-10-8-17-20(16(21)11(10)2)9-14-18-15(19-23-14)12-5-4-6-13(7-12)22-3;1-21-10-4-2-9(3-5-10)13-17-12(22-18-13)8-19-14(20)11(15)6-7-16-19;1-21-10-4-2-3-9(7-10)13-17-12(22-18-13)8-19-14(20)11(15)5-6-16-19/h2*4-8H,9H2,1-3H3;2*2-7H,8H2,1H3. The van der Waals surface area contributed by atoms with E-state index in [1.54, 1.807) is 72.9 Å². The van der Waals surface area contributed by atoms with Crippen LogP contribution in [0.4, 0.5) is 0 Å². The SMILES string of the molecule is COc1ccc(-c2noc(Cn3ncc(C)c(C)c3=O)n2)cc1.COc1ccc(-c2noc(Cn3nccc(Cl)c3=O)n2)cc1.COc1cccc(-c2noc(Cn3ncc(C)c(C)c3=O)n2)c1.COc1cccc(-c2noc(Cn3nccc(Cl)c3=O)n2)c1. The number of methoxy groups -OCH3 is 4. The van der Waals surface area contributed by atoms with Crippen molar-refractivity contribution in [2.24, 2.45) is 0 Å². The van der Waals surface area contributed by atoms with E-state index in [2.05, 4.69) is 61.0 Å². The topological polar surface area (TPSA) is 332 Å². The second-order valence-electron chi connectivity index (χ2n) is 19.1. The number of aromatic nitrogens is 16. The summed E-state index contributed by atoms with van der Waals surface area (Å²) in [6.07, 6.45) is 6.17. The first-order chi connectivity index (χ1) is 43.5. The minimum absolute atomic E-state index is 0.0519. The van der Waals surface area contributed by atoms with Gasteiger partial charge in [0.1, 0.15) is 59.2 Å². The first-order valence-electron chi connectivity index (χ1n) is 26.9. The number of ether oxygens (including phenoxy) is 4. The quantitative estimate of drug-likeness (QED) is 0.0885. The summed E-state index contributed by atoms with van der Waals surface area (Å²) in [5.74, 6) is 5.79. The highest BCUT2D eigenvalue weighted by molar-refractivity contribution is 6.30. The molecule has 28 nitrogen and oxygen atoms in total. The van der Waals surface area contributed by atoms with Gasteiger partial charge >= 0.3 is 0 Å². The van der Waals surface area contributed by atoms with Crippen LogP contribution in [0.2, 0.25) is 10.0 Å². The van der Waals surface area contributed by atoms with Crippen molar-refractivity contribution >= 4 is 23.2 Å². The molecule has 12 rings (SSSR count). The van der Waals surface area contributed by atoms with E-state index in [1.165, 1.54) is 33.9 Å². The van der Waals surface area contributed by atoms with Gasteiger partial charge in [0, 0.05) is 45.8 Å². The molecule has 12 aromatic rings. The summed E-state index contributed by atoms with van der Waals surface area (Å²) in [4.78, 5) is 65.0. The van der Waals surface area contributed by atoms with Gasteiger partial charge in [0.2, 0.25) is 46.9 Å². The van der Waals surface area contributed by atoms with Crippen molar-refractivity contribution in [2.75, 3.05) is 28.4 Å². The Labute approximate surface area is 519 Å². The highest BCUT2D eigenvalue weighted by atomic mass is 35.5. The fourth-order valence-corrected chi connectivity index (χ4v) is 8.21. The third-order valence-electron chi connectivity index (χ3n) is 13.2. The van der Waals surface area contributed by atoms with Crippen LogP contribution in [0.1, 0.15) is 45.8 Å². The zero-order chi connectivity index (χ0) is 63.8. The van der Waals surface area contributed by atoms with Gasteiger partial charge in [-0.1, -0.05) is 68.1 Å². The third-order valence-corrected chi connectivity index (χ3v) is 13.7. The molecule has 0 spiro atoms. The molecule has 0 aliphatic heterocycles. The van der Waals surface area contributed by atoms with Crippen LogP contribution in [0.15, 0.2) is 171 Å². The monoisotopic (exact) mass is 1260 g/mol. The van der Waals surface area contributed by atoms with Crippen molar-refractivity contribution in [3.05, 3.63) is 231 Å². The lowest BCUT2D eigenvalue weighted by Crippen LogP contribution is -2.26. The highest BCUT2D eigenvalue weighted by Gasteiger charge is 2.17. The van der Waals surface area contributed by atoms with Gasteiger partial charge < -0.3 is 37.0 Å². The van der Waals surface area contributed by atoms with Crippen LogP contribution in [0.5, 0.6) is 23.0 Å². The molecular formula is C60H54Cl2N16O12. The molecule has 0 unspecified atom stereocenters. The van der Waals surface area contributed by atoms with E-state index < -0.39 is 11.1 Å². The second kappa shape index (κ2) is 29.4. The molecule has 0 bridgehead atoms. The lowest BCUT2D eigenvalue weighted by atomic mass is 10.2. The molecule has 0 N–H and O–H groups in total. The van der Waals surface area contributed by atoms with Crippen molar-refractivity contribution in [2.45, 2.75) is 53.9 Å². The molecule has 0 saturated heterocycles. The maximum absolute atomic E-state index is 12.1. The number of rotatable bonds is 16. The number of hydrogen-bond acceptors (Lipinski definition) is 24. The Balaban J connectivity index is 0.000000142. The number of nitrogens with zero attached hydrogens (tertiary/aromatic N) is 16. The van der Waals surface area contributed by atoms with E-state index in [-0.39, 0.29) is 59.1 Å². The van der Waals surface area contributed by atoms with E-state index in [0.29, 0.717) is 57.7 Å². The summed E-state index contributed by atoms with van der Waals surface area (Å²) < 4.78 is 46.2. The summed E-state index contributed by atoms with van der Waals surface area (Å²) in [6, 6.07) is 32.0. The van der Waals surface area contributed by atoms with Gasteiger partial charge in [-0.2, -0.15) is 40.3 Å². The molecule has 0 aliphatic rings. The first kappa shape index (κ1) is 63.2. The minimum atomic E-state index is -0.412. The Morgan fingerprint density at radius 1 is 0.378 bits per heavy atom. The first-order valence-corrected chi connectivity index (χ1v) is 27.6. The summed E-state index contributed by atoms with van der Waals surface area (Å²) >= 11 is 11.5. The van der Waals surface area contributed by atoms with Gasteiger partial charge in [-0.15, -0.1) is 0 Å². The van der Waals surface area contributed by atoms with E-state index in [0.717, 1.165) is 54.2 Å². The molecule has 0 radical (unpaired) electrons. The summed E-state index contributed by atoms with van der Waals surface area (Å²) in [5.41, 5.74) is 5.01. The molecule has 30 heteroatoms. The molecule has 0 amide bonds. The normalized spacial score (nSPS) is 10.7. The second-order valence-corrected chi connectivity index (χ2v) is 19.9. The number of aryl methyl sites for hydroxylation is 2. The predicted molar refractivity (Wildman–Crippen MR) is 325 cm³/mol. The van der Waals surface area contributed by atoms with Crippen LogP contribution >= 0.6 is 23.2 Å². The van der Waals surface area contributed by atoms with E-state index in [9.17, 15) is 19.2 Å². The lowest BCUT2D eigenvalue weighted by Gasteiger charge is -2.03. The van der Waals surface area contributed by atoms with Crippen LogP contribution in [-0.2, 0) is 26.2 Å². The molecule has 0 saturated carbocycles. The van der Waals surface area contributed by atoms with Gasteiger partial charge in [-0.3, -0.25) is 19.2 Å². The fourth-order valence-electron chi connectivity index (χ4n) is 7.90. The largest absolute Gasteiger partial charge is 0.497 e. The Morgan fingerprint density at radius 3 is 1.01 bits per heavy atom. The van der Waals surface area contributed by atoms with Crippen LogP contribution in [0.3, 0.4) is 0 Å². The Hall–Kier alpha value is -11.3. The lowest BCUT2D eigenvalue weighted by molar-refractivity contribution is 0.362. The molecule has 8 aromatic heterocycles. The molecular weight excluding hydrogens is 1210 g/mol. The minimum Gasteiger partial charge on any atom is -0.497 e. The number of halogens is 2. The third kappa shape index (κ3) is 15.8. The smallest absolute Gasteiger partial charge is 0.285 e. The van der Waals surface area contributed by atoms with Gasteiger partial charge in [0.05, 0.1) is 40.8 Å². The van der Waals surface area contributed by atoms with Gasteiger partial charge in [0.25, 0.3) is 22.2 Å². The van der Waals surface area contributed by atoms with Crippen molar-refractivity contribution in [1.29, 1.82) is 0 Å². The average molecular weight is 1260 g/mol. The van der Waals surface area contributed by atoms with Crippen molar-refractivity contribution in [3.8, 4) is 68.5 Å². The Bertz CT molecular complexity index is 4650. The maximum Gasteiger partial charge on any atom is 0.285 e. The van der Waals surface area contributed by atoms with Gasteiger partial charge in [-0.05, 0) is 124 Å².